The van der Waals surface area contributed by atoms with Crippen LogP contribution in [0.1, 0.15) is 66.0 Å². The number of nitrogens with zero attached hydrogens (tertiary/aromatic N) is 3. The van der Waals surface area contributed by atoms with E-state index in [1.54, 1.807) is 0 Å². The van der Waals surface area contributed by atoms with Gasteiger partial charge in [-0.3, -0.25) is 4.98 Å². The summed E-state index contributed by atoms with van der Waals surface area (Å²) < 4.78 is 2.33. The summed E-state index contributed by atoms with van der Waals surface area (Å²) in [5.41, 5.74) is 7.26. The Morgan fingerprint density at radius 3 is 2.50 bits per heavy atom. The first kappa shape index (κ1) is 21.5. The Morgan fingerprint density at radius 1 is 1.03 bits per heavy atom. The first-order chi connectivity index (χ1) is 15.5. The maximum atomic E-state index is 6.35. The van der Waals surface area contributed by atoms with Gasteiger partial charge in [-0.05, 0) is 81.7 Å². The molecular formula is C26H29ClN4S. The molecule has 1 aliphatic carbocycles. The molecule has 1 N–H and O–H groups in total. The quantitative estimate of drug-likeness (QED) is 0.455. The Morgan fingerprint density at radius 2 is 1.81 bits per heavy atom. The molecule has 2 fully saturated rings. The molecule has 166 valence electrons. The molecule has 1 saturated heterocycles. The lowest BCUT2D eigenvalue weighted by Gasteiger charge is -2.33. The van der Waals surface area contributed by atoms with Crippen molar-refractivity contribution in [3.63, 3.8) is 0 Å². The second-order valence-corrected chi connectivity index (χ2v) is 9.82. The van der Waals surface area contributed by atoms with Crippen LogP contribution in [-0.2, 0) is 0 Å². The summed E-state index contributed by atoms with van der Waals surface area (Å²) in [6.07, 6.45) is 6.80. The lowest BCUT2D eigenvalue weighted by atomic mass is 9.92. The Balaban J connectivity index is 1.68. The second-order valence-electron chi connectivity index (χ2n) is 9.00. The van der Waals surface area contributed by atoms with Gasteiger partial charge < -0.3 is 14.8 Å². The summed E-state index contributed by atoms with van der Waals surface area (Å²) >= 11 is 12.3. The van der Waals surface area contributed by atoms with Crippen LogP contribution in [-0.4, -0.2) is 25.6 Å². The zero-order chi connectivity index (χ0) is 22.4. The van der Waals surface area contributed by atoms with Crippen LogP contribution in [0.15, 0.2) is 48.7 Å². The van der Waals surface area contributed by atoms with E-state index < -0.39 is 0 Å². The van der Waals surface area contributed by atoms with E-state index in [-0.39, 0.29) is 12.1 Å². The average molecular weight is 465 g/mol. The predicted molar refractivity (Wildman–Crippen MR) is 135 cm³/mol. The van der Waals surface area contributed by atoms with Crippen molar-refractivity contribution in [2.75, 3.05) is 0 Å². The average Bonchev–Trinajstić information content (AvgIpc) is 3.47. The molecule has 5 rings (SSSR count). The van der Waals surface area contributed by atoms with Crippen molar-refractivity contribution in [2.45, 2.75) is 64.6 Å². The van der Waals surface area contributed by atoms with Crippen LogP contribution in [0.2, 0.25) is 5.02 Å². The molecule has 4 nitrogen and oxygen atoms in total. The molecule has 1 saturated carbocycles. The van der Waals surface area contributed by atoms with Gasteiger partial charge in [0.05, 0.1) is 17.8 Å². The van der Waals surface area contributed by atoms with Crippen LogP contribution < -0.4 is 5.32 Å². The molecule has 32 heavy (non-hydrogen) atoms. The number of hydrogen-bond donors (Lipinski definition) is 1. The lowest BCUT2D eigenvalue weighted by Crippen LogP contribution is -2.38. The molecule has 2 aromatic heterocycles. The summed E-state index contributed by atoms with van der Waals surface area (Å²) in [6, 6.07) is 14.8. The minimum Gasteiger partial charge on any atom is -0.352 e. The lowest BCUT2D eigenvalue weighted by molar-refractivity contribution is 0.244. The van der Waals surface area contributed by atoms with Gasteiger partial charge in [0.15, 0.2) is 5.11 Å². The predicted octanol–water partition coefficient (Wildman–Crippen LogP) is 6.37. The number of rotatable bonds is 4. The Kier molecular flexibility index (Phi) is 5.72. The van der Waals surface area contributed by atoms with Crippen LogP contribution in [0, 0.1) is 20.8 Å². The number of thiocarbonyl (C=S) groups is 1. The van der Waals surface area contributed by atoms with E-state index in [9.17, 15) is 0 Å². The largest absolute Gasteiger partial charge is 0.352 e. The fraction of sp³-hybridized carbons (Fsp3) is 0.385. The van der Waals surface area contributed by atoms with Crippen molar-refractivity contribution in [2.24, 2.45) is 0 Å². The molecule has 6 heteroatoms. The van der Waals surface area contributed by atoms with Gasteiger partial charge in [0, 0.05) is 39.9 Å². The highest BCUT2D eigenvalue weighted by molar-refractivity contribution is 7.80. The monoisotopic (exact) mass is 464 g/mol. The zero-order valence-electron chi connectivity index (χ0n) is 18.8. The minimum absolute atomic E-state index is 0.0244. The first-order valence-corrected chi connectivity index (χ1v) is 12.2. The highest BCUT2D eigenvalue weighted by atomic mass is 35.5. The molecule has 1 aromatic carbocycles. The maximum Gasteiger partial charge on any atom is 0.170 e. The van der Waals surface area contributed by atoms with Crippen molar-refractivity contribution in [1.82, 2.24) is 19.8 Å². The summed E-state index contributed by atoms with van der Waals surface area (Å²) in [7, 11) is 0. The van der Waals surface area contributed by atoms with Gasteiger partial charge in [-0.1, -0.05) is 36.6 Å². The second kappa shape index (κ2) is 8.53. The number of halogens is 1. The Bertz CT molecular complexity index is 1150. The topological polar surface area (TPSA) is 33.1 Å². The van der Waals surface area contributed by atoms with Gasteiger partial charge in [0.25, 0.3) is 0 Å². The van der Waals surface area contributed by atoms with E-state index in [4.69, 9.17) is 28.8 Å². The molecule has 0 unspecified atom stereocenters. The maximum absolute atomic E-state index is 6.35. The molecule has 3 heterocycles. The molecule has 2 aliphatic rings. The summed E-state index contributed by atoms with van der Waals surface area (Å²) in [4.78, 5) is 7.20. The van der Waals surface area contributed by atoms with Gasteiger partial charge in [0.1, 0.15) is 0 Å². The molecule has 3 aromatic rings. The van der Waals surface area contributed by atoms with Crippen LogP contribution in [0.25, 0.3) is 5.69 Å². The number of aromatic nitrogens is 2. The molecule has 1 aliphatic heterocycles. The first-order valence-electron chi connectivity index (χ1n) is 11.4. The van der Waals surface area contributed by atoms with E-state index in [0.717, 1.165) is 21.5 Å². The summed E-state index contributed by atoms with van der Waals surface area (Å²) in [5.74, 6) is 0. The van der Waals surface area contributed by atoms with E-state index in [0.29, 0.717) is 6.04 Å². The molecular weight excluding hydrogens is 436 g/mol. The zero-order valence-corrected chi connectivity index (χ0v) is 20.4. The standard InChI is InChI=1S/C26H29ClN4S/c1-16-17(2)30(21-12-8-9-19(27)15-21)18(3)23(16)25-24(22-13-6-7-14-28-22)29-26(32)31(25)20-10-4-5-11-20/h6-9,12-15,20,24-25H,4-5,10-11H2,1-3H3,(H,29,32)/t24-,25-/m0/s1. The molecule has 2 atom stereocenters. The van der Waals surface area contributed by atoms with Crippen LogP contribution in [0.4, 0.5) is 0 Å². The number of benzene rings is 1. The molecule has 0 bridgehead atoms. The van der Waals surface area contributed by atoms with Crippen molar-refractivity contribution in [1.29, 1.82) is 0 Å². The number of nitrogens with one attached hydrogen (secondary N) is 1. The van der Waals surface area contributed by atoms with E-state index in [1.165, 1.54) is 48.2 Å². The van der Waals surface area contributed by atoms with E-state index >= 15 is 0 Å². The summed E-state index contributed by atoms with van der Waals surface area (Å²) in [6.45, 7) is 6.66. The van der Waals surface area contributed by atoms with Gasteiger partial charge >= 0.3 is 0 Å². The van der Waals surface area contributed by atoms with Crippen molar-refractivity contribution in [3.05, 3.63) is 81.9 Å². The normalized spacial score (nSPS) is 21.4. The minimum atomic E-state index is 0.0244. The van der Waals surface area contributed by atoms with Gasteiger partial charge in [-0.25, -0.2) is 0 Å². The van der Waals surface area contributed by atoms with E-state index in [1.807, 2.05) is 30.5 Å². The third-order valence-corrected chi connectivity index (χ3v) is 7.79. The molecule has 0 radical (unpaired) electrons. The fourth-order valence-electron chi connectivity index (χ4n) is 5.69. The van der Waals surface area contributed by atoms with Crippen LogP contribution in [0.3, 0.4) is 0 Å². The Hall–Kier alpha value is -2.37. The molecule has 0 spiro atoms. The third-order valence-electron chi connectivity index (χ3n) is 7.22. The van der Waals surface area contributed by atoms with Crippen LogP contribution >= 0.6 is 23.8 Å². The van der Waals surface area contributed by atoms with Crippen molar-refractivity contribution >= 4 is 28.9 Å². The van der Waals surface area contributed by atoms with Gasteiger partial charge in [-0.2, -0.15) is 0 Å². The van der Waals surface area contributed by atoms with E-state index in [2.05, 4.69) is 53.8 Å². The smallest absolute Gasteiger partial charge is 0.170 e. The van der Waals surface area contributed by atoms with Crippen molar-refractivity contribution < 1.29 is 0 Å². The Labute approximate surface area is 200 Å². The van der Waals surface area contributed by atoms with Gasteiger partial charge in [-0.15, -0.1) is 0 Å². The third kappa shape index (κ3) is 3.52. The van der Waals surface area contributed by atoms with Crippen molar-refractivity contribution in [3.8, 4) is 5.69 Å². The number of hydrogen-bond acceptors (Lipinski definition) is 2. The SMILES string of the molecule is Cc1c([C@H]2[C@H](c3ccccn3)NC(=S)N2C2CCCC2)c(C)n(-c2cccc(Cl)c2)c1C. The highest BCUT2D eigenvalue weighted by Crippen LogP contribution is 2.46. The fourth-order valence-corrected chi connectivity index (χ4v) is 6.27. The van der Waals surface area contributed by atoms with Gasteiger partial charge in [0.2, 0.25) is 0 Å². The molecule has 0 amide bonds. The van der Waals surface area contributed by atoms with Crippen LogP contribution in [0.5, 0.6) is 0 Å². The summed E-state index contributed by atoms with van der Waals surface area (Å²) in [5, 5.41) is 5.24. The number of pyridine rings is 1. The highest BCUT2D eigenvalue weighted by Gasteiger charge is 2.45.